The van der Waals surface area contributed by atoms with Crippen molar-refractivity contribution in [3.05, 3.63) is 42.9 Å². The highest BCUT2D eigenvalue weighted by Gasteiger charge is 2.44. The van der Waals surface area contributed by atoms with Gasteiger partial charge in [-0.3, -0.25) is 5.10 Å². The number of benzene rings is 1. The van der Waals surface area contributed by atoms with E-state index in [1.54, 1.807) is 4.90 Å². The zero-order valence-corrected chi connectivity index (χ0v) is 20.9. The van der Waals surface area contributed by atoms with E-state index in [0.29, 0.717) is 24.4 Å². The van der Waals surface area contributed by atoms with Crippen LogP contribution in [0.5, 0.6) is 5.88 Å². The number of nitrogens with one attached hydrogen (secondary N) is 1. The zero-order chi connectivity index (χ0) is 25.6. The van der Waals surface area contributed by atoms with Crippen LogP contribution >= 0.6 is 0 Å². The lowest BCUT2D eigenvalue weighted by atomic mass is 10.00. The molecule has 0 radical (unpaired) electrons. The standard InChI is InChI=1S/C27H29N7O4/c35-27(36)34-17-4-5-18(34)12-19(11-17)38-24-9-8-23(30-31-24)21-7-6-20(22-14-28-32-26(21)22)16-13-29-33(15-16)25-3-1-2-10-37-25/h6-9,13-15,17-19,25H,1-5,10-12H2,(H,28,32)(H,35,36)/t17-,18+,19-,25?. The van der Waals surface area contributed by atoms with Crippen molar-refractivity contribution in [3.8, 4) is 28.3 Å². The highest BCUT2D eigenvalue weighted by Crippen LogP contribution is 2.38. The lowest BCUT2D eigenvalue weighted by Gasteiger charge is -2.36. The van der Waals surface area contributed by atoms with Crippen LogP contribution < -0.4 is 4.74 Å². The number of hydrogen-bond acceptors (Lipinski definition) is 7. The van der Waals surface area contributed by atoms with Gasteiger partial charge in [0.05, 0.1) is 23.6 Å². The third-order valence-electron chi connectivity index (χ3n) is 8.09. The number of H-pyrrole nitrogens is 1. The smallest absolute Gasteiger partial charge is 0.407 e. The van der Waals surface area contributed by atoms with Gasteiger partial charge in [-0.05, 0) is 49.8 Å². The van der Waals surface area contributed by atoms with Gasteiger partial charge in [-0.15, -0.1) is 10.2 Å². The third kappa shape index (κ3) is 4.07. The zero-order valence-electron chi connectivity index (χ0n) is 20.9. The number of hydrogen-bond donors (Lipinski definition) is 2. The summed E-state index contributed by atoms with van der Waals surface area (Å²) in [5.41, 5.74) is 4.54. The van der Waals surface area contributed by atoms with Gasteiger partial charge in [-0.1, -0.05) is 6.07 Å². The maximum absolute atomic E-state index is 11.5. The number of piperidine rings is 1. The fourth-order valence-corrected chi connectivity index (χ4v) is 6.30. The Morgan fingerprint density at radius 1 is 1.03 bits per heavy atom. The SMILES string of the molecule is O=C(O)N1[C@@H]2CC[C@H]1C[C@H](Oc1ccc(-c3ccc(-c4cnn(C5CCCCO5)c4)c4cn[nH]c34)nn1)C2. The first-order valence-electron chi connectivity index (χ1n) is 13.3. The number of rotatable bonds is 5. The Kier molecular flexibility index (Phi) is 5.72. The van der Waals surface area contributed by atoms with Crippen LogP contribution in [0.3, 0.4) is 0 Å². The first-order chi connectivity index (χ1) is 18.6. The molecular weight excluding hydrogens is 486 g/mol. The van der Waals surface area contributed by atoms with Gasteiger partial charge in [0.1, 0.15) is 12.3 Å². The first-order valence-corrected chi connectivity index (χ1v) is 13.3. The van der Waals surface area contributed by atoms with Gasteiger partial charge >= 0.3 is 6.09 Å². The maximum atomic E-state index is 11.5. The second-order valence-electron chi connectivity index (χ2n) is 10.4. The molecule has 0 aliphatic carbocycles. The molecule has 11 heteroatoms. The molecule has 3 fully saturated rings. The molecule has 3 aromatic heterocycles. The van der Waals surface area contributed by atoms with Gasteiger partial charge in [-0.2, -0.15) is 10.2 Å². The Morgan fingerprint density at radius 3 is 2.61 bits per heavy atom. The molecule has 196 valence electrons. The number of carbonyl (C=O) groups is 1. The monoisotopic (exact) mass is 515 g/mol. The number of amides is 1. The number of fused-ring (bicyclic) bond motifs is 3. The van der Waals surface area contributed by atoms with E-state index in [9.17, 15) is 9.90 Å². The van der Waals surface area contributed by atoms with E-state index in [1.807, 2.05) is 41.5 Å². The molecule has 2 N–H and O–H groups in total. The van der Waals surface area contributed by atoms with E-state index in [2.05, 4.69) is 31.6 Å². The summed E-state index contributed by atoms with van der Waals surface area (Å²) in [5, 5.41) is 31.2. The van der Waals surface area contributed by atoms with Crippen molar-refractivity contribution < 1.29 is 19.4 Å². The van der Waals surface area contributed by atoms with Crippen LogP contribution in [-0.4, -0.2) is 71.1 Å². The largest absolute Gasteiger partial charge is 0.473 e. The number of nitrogens with zero attached hydrogens (tertiary/aromatic N) is 6. The fourth-order valence-electron chi connectivity index (χ4n) is 6.30. The van der Waals surface area contributed by atoms with Crippen molar-refractivity contribution >= 4 is 17.0 Å². The summed E-state index contributed by atoms with van der Waals surface area (Å²) in [6.45, 7) is 0.774. The van der Waals surface area contributed by atoms with Gasteiger partial charge in [0, 0.05) is 60.3 Å². The molecule has 4 atom stereocenters. The second kappa shape index (κ2) is 9.39. The minimum Gasteiger partial charge on any atom is -0.473 e. The van der Waals surface area contributed by atoms with Crippen molar-refractivity contribution in [2.45, 2.75) is 69.4 Å². The van der Waals surface area contributed by atoms with Crippen LogP contribution in [0.4, 0.5) is 4.79 Å². The van der Waals surface area contributed by atoms with Gasteiger partial charge in [0.2, 0.25) is 5.88 Å². The molecule has 0 saturated carbocycles. The summed E-state index contributed by atoms with van der Waals surface area (Å²) in [5.74, 6) is 0.455. The molecule has 3 saturated heterocycles. The van der Waals surface area contributed by atoms with Gasteiger partial charge in [0.25, 0.3) is 0 Å². The lowest BCUT2D eigenvalue weighted by molar-refractivity contribution is -0.0394. The average Bonchev–Trinajstić information content (AvgIpc) is 3.68. The molecule has 2 bridgehead atoms. The van der Waals surface area contributed by atoms with E-state index in [1.165, 1.54) is 0 Å². The third-order valence-corrected chi connectivity index (χ3v) is 8.09. The molecule has 0 spiro atoms. The van der Waals surface area contributed by atoms with Crippen molar-refractivity contribution in [1.29, 1.82) is 0 Å². The van der Waals surface area contributed by atoms with E-state index in [-0.39, 0.29) is 24.4 Å². The van der Waals surface area contributed by atoms with Crippen molar-refractivity contribution in [1.82, 2.24) is 35.1 Å². The average molecular weight is 516 g/mol. The Bertz CT molecular complexity index is 1450. The van der Waals surface area contributed by atoms with Crippen LogP contribution in [0.2, 0.25) is 0 Å². The number of aromatic nitrogens is 6. The summed E-state index contributed by atoms with van der Waals surface area (Å²) >= 11 is 0. The van der Waals surface area contributed by atoms with Gasteiger partial charge < -0.3 is 19.5 Å². The number of aromatic amines is 1. The maximum Gasteiger partial charge on any atom is 0.407 e. The van der Waals surface area contributed by atoms with Crippen LogP contribution in [0.1, 0.15) is 51.2 Å². The Hall–Kier alpha value is -3.99. The Balaban J connectivity index is 1.09. The van der Waals surface area contributed by atoms with Crippen LogP contribution in [0.15, 0.2) is 42.9 Å². The summed E-state index contributed by atoms with van der Waals surface area (Å²) < 4.78 is 13.9. The normalized spacial score (nSPS) is 25.1. The molecule has 1 aromatic carbocycles. The van der Waals surface area contributed by atoms with Crippen LogP contribution in [0.25, 0.3) is 33.3 Å². The van der Waals surface area contributed by atoms with E-state index in [0.717, 1.165) is 66.3 Å². The summed E-state index contributed by atoms with van der Waals surface area (Å²) in [6.07, 6.45) is 11.2. The molecule has 6 heterocycles. The van der Waals surface area contributed by atoms with Crippen LogP contribution in [0, 0.1) is 0 Å². The van der Waals surface area contributed by atoms with Gasteiger partial charge in [-0.25, -0.2) is 9.48 Å². The topological polar surface area (TPSA) is 131 Å². The van der Waals surface area contributed by atoms with E-state index < -0.39 is 6.09 Å². The molecule has 1 amide bonds. The number of carboxylic acid groups (broad SMARTS) is 1. The quantitative estimate of drug-likeness (QED) is 0.393. The van der Waals surface area contributed by atoms with Crippen molar-refractivity contribution in [2.24, 2.45) is 0 Å². The fraction of sp³-hybridized carbons (Fsp3) is 0.444. The van der Waals surface area contributed by atoms with Crippen molar-refractivity contribution in [3.63, 3.8) is 0 Å². The molecule has 38 heavy (non-hydrogen) atoms. The highest BCUT2D eigenvalue weighted by atomic mass is 16.5. The van der Waals surface area contributed by atoms with E-state index >= 15 is 0 Å². The molecular formula is C27H29N7O4. The van der Waals surface area contributed by atoms with Crippen LogP contribution in [-0.2, 0) is 4.74 Å². The Labute approximate surface area is 218 Å². The second-order valence-corrected chi connectivity index (χ2v) is 10.4. The molecule has 1 unspecified atom stereocenters. The number of ether oxygens (including phenoxy) is 2. The highest BCUT2D eigenvalue weighted by molar-refractivity contribution is 6.01. The Morgan fingerprint density at radius 2 is 1.87 bits per heavy atom. The summed E-state index contributed by atoms with van der Waals surface area (Å²) in [6, 6.07) is 7.87. The minimum absolute atomic E-state index is 0.00695. The molecule has 3 aliphatic heterocycles. The molecule has 3 aliphatic rings. The first kappa shape index (κ1) is 23.2. The predicted molar refractivity (Wildman–Crippen MR) is 138 cm³/mol. The summed E-state index contributed by atoms with van der Waals surface area (Å²) in [7, 11) is 0. The minimum atomic E-state index is -0.830. The van der Waals surface area contributed by atoms with Gasteiger partial charge in [0.15, 0.2) is 0 Å². The van der Waals surface area contributed by atoms with Crippen molar-refractivity contribution in [2.75, 3.05) is 6.61 Å². The molecule has 4 aromatic rings. The van der Waals surface area contributed by atoms with E-state index in [4.69, 9.17) is 9.47 Å². The predicted octanol–water partition coefficient (Wildman–Crippen LogP) is 4.63. The molecule has 7 rings (SSSR count). The molecule has 11 nitrogen and oxygen atoms in total. The lowest BCUT2D eigenvalue weighted by Crippen LogP contribution is -2.48. The summed E-state index contributed by atoms with van der Waals surface area (Å²) in [4.78, 5) is 13.1.